The molecule has 2 atom stereocenters. The van der Waals surface area contributed by atoms with Crippen LogP contribution in [0.1, 0.15) is 59.3 Å². The summed E-state index contributed by atoms with van der Waals surface area (Å²) in [6.45, 7) is 7.03. The summed E-state index contributed by atoms with van der Waals surface area (Å²) in [5, 5.41) is 2.92. The van der Waals surface area contributed by atoms with E-state index in [1.165, 1.54) is 0 Å². The van der Waals surface area contributed by atoms with Gasteiger partial charge in [-0.25, -0.2) is 8.42 Å². The summed E-state index contributed by atoms with van der Waals surface area (Å²) in [6, 6.07) is 0.00606. The highest BCUT2D eigenvalue weighted by molar-refractivity contribution is 7.89. The number of sulfonamides is 1. The van der Waals surface area contributed by atoms with Gasteiger partial charge in [0.05, 0.1) is 11.7 Å². The van der Waals surface area contributed by atoms with Crippen molar-refractivity contribution in [3.63, 3.8) is 0 Å². The Balaban J connectivity index is 2.63. The third-order valence-electron chi connectivity index (χ3n) is 4.14. The van der Waals surface area contributed by atoms with E-state index in [-0.39, 0.29) is 23.6 Å². The number of nitrogens with zero attached hydrogens (tertiary/aromatic N) is 1. The van der Waals surface area contributed by atoms with Gasteiger partial charge in [-0.3, -0.25) is 4.79 Å². The van der Waals surface area contributed by atoms with E-state index < -0.39 is 10.0 Å². The van der Waals surface area contributed by atoms with E-state index in [1.807, 2.05) is 13.8 Å². The molecule has 21 heavy (non-hydrogen) atoms. The minimum absolute atomic E-state index is 0.00559. The molecule has 0 radical (unpaired) electrons. The van der Waals surface area contributed by atoms with Crippen LogP contribution in [0.25, 0.3) is 0 Å². The maximum atomic E-state index is 12.4. The molecule has 1 saturated heterocycles. The van der Waals surface area contributed by atoms with Gasteiger partial charge in [0.25, 0.3) is 0 Å². The Hall–Kier alpha value is -0.620. The quantitative estimate of drug-likeness (QED) is 0.697. The number of hydrogen-bond acceptors (Lipinski definition) is 3. The lowest BCUT2D eigenvalue weighted by molar-refractivity contribution is -0.126. The Morgan fingerprint density at radius 1 is 1.19 bits per heavy atom. The first-order valence-electron chi connectivity index (χ1n) is 8.19. The number of piperidine rings is 1. The van der Waals surface area contributed by atoms with Crippen LogP contribution in [0.4, 0.5) is 0 Å². The van der Waals surface area contributed by atoms with E-state index in [1.54, 1.807) is 4.31 Å². The minimum Gasteiger partial charge on any atom is -0.356 e. The third kappa shape index (κ3) is 5.58. The average molecular weight is 318 g/mol. The van der Waals surface area contributed by atoms with Gasteiger partial charge in [-0.05, 0) is 32.6 Å². The van der Waals surface area contributed by atoms with Gasteiger partial charge >= 0.3 is 0 Å². The van der Waals surface area contributed by atoms with E-state index in [0.29, 0.717) is 19.5 Å². The molecule has 5 nitrogen and oxygen atoms in total. The van der Waals surface area contributed by atoms with Gasteiger partial charge in [0.2, 0.25) is 15.9 Å². The maximum Gasteiger partial charge on any atom is 0.224 e. The van der Waals surface area contributed by atoms with Crippen molar-refractivity contribution in [2.24, 2.45) is 5.92 Å². The SMILES string of the molecule is CCCCNC(=O)C1CCC(C)N(S(=O)(=O)CCCC)C1. The van der Waals surface area contributed by atoms with Crippen LogP contribution in [0.5, 0.6) is 0 Å². The van der Waals surface area contributed by atoms with Gasteiger partial charge in [-0.2, -0.15) is 4.31 Å². The molecule has 1 amide bonds. The maximum absolute atomic E-state index is 12.4. The van der Waals surface area contributed by atoms with Crippen molar-refractivity contribution >= 4 is 15.9 Å². The van der Waals surface area contributed by atoms with Crippen LogP contribution in [0.2, 0.25) is 0 Å². The number of carbonyl (C=O) groups is 1. The smallest absolute Gasteiger partial charge is 0.224 e. The first kappa shape index (κ1) is 18.4. The second-order valence-corrected chi connectivity index (χ2v) is 8.05. The fourth-order valence-electron chi connectivity index (χ4n) is 2.65. The normalized spacial score (nSPS) is 24.0. The zero-order chi connectivity index (χ0) is 15.9. The van der Waals surface area contributed by atoms with Crippen LogP contribution in [-0.4, -0.2) is 43.5 Å². The molecule has 1 fully saturated rings. The lowest BCUT2D eigenvalue weighted by atomic mass is 9.94. The number of hydrogen-bond donors (Lipinski definition) is 1. The van der Waals surface area contributed by atoms with Crippen LogP contribution < -0.4 is 5.32 Å². The Kier molecular flexibility index (Phi) is 7.66. The van der Waals surface area contributed by atoms with E-state index in [0.717, 1.165) is 32.1 Å². The molecular formula is C15H30N2O3S. The largest absolute Gasteiger partial charge is 0.356 e. The van der Waals surface area contributed by atoms with Gasteiger partial charge in [-0.1, -0.05) is 26.7 Å². The molecule has 1 aliphatic rings. The summed E-state index contributed by atoms with van der Waals surface area (Å²) < 4.78 is 26.3. The van der Waals surface area contributed by atoms with Crippen molar-refractivity contribution in [1.29, 1.82) is 0 Å². The van der Waals surface area contributed by atoms with Gasteiger partial charge in [0, 0.05) is 19.1 Å². The summed E-state index contributed by atoms with van der Waals surface area (Å²) in [7, 11) is -3.23. The number of unbranched alkanes of at least 4 members (excludes halogenated alkanes) is 2. The van der Waals surface area contributed by atoms with Crippen molar-refractivity contribution in [3.8, 4) is 0 Å². The van der Waals surface area contributed by atoms with Gasteiger partial charge in [0.15, 0.2) is 0 Å². The topological polar surface area (TPSA) is 66.5 Å². The summed E-state index contributed by atoms with van der Waals surface area (Å²) in [4.78, 5) is 12.1. The molecule has 0 bridgehead atoms. The van der Waals surface area contributed by atoms with Crippen molar-refractivity contribution < 1.29 is 13.2 Å². The Morgan fingerprint density at radius 3 is 2.48 bits per heavy atom. The van der Waals surface area contributed by atoms with Crippen LogP contribution in [0, 0.1) is 5.92 Å². The molecule has 1 N–H and O–H groups in total. The second kappa shape index (κ2) is 8.73. The number of amides is 1. The lowest BCUT2D eigenvalue weighted by Gasteiger charge is -2.36. The summed E-state index contributed by atoms with van der Waals surface area (Å²) in [5.74, 6) is -0.00151. The second-order valence-electron chi connectivity index (χ2n) is 6.01. The van der Waals surface area contributed by atoms with Crippen molar-refractivity contribution in [2.75, 3.05) is 18.8 Å². The monoisotopic (exact) mass is 318 g/mol. The highest BCUT2D eigenvalue weighted by Crippen LogP contribution is 2.25. The average Bonchev–Trinajstić information content (AvgIpc) is 2.45. The molecule has 0 spiro atoms. The molecular weight excluding hydrogens is 288 g/mol. The highest BCUT2D eigenvalue weighted by Gasteiger charge is 2.35. The molecule has 0 aromatic carbocycles. The van der Waals surface area contributed by atoms with Gasteiger partial charge < -0.3 is 5.32 Å². The molecule has 124 valence electrons. The molecule has 1 rings (SSSR count). The van der Waals surface area contributed by atoms with E-state index in [2.05, 4.69) is 12.2 Å². The zero-order valence-corrected chi connectivity index (χ0v) is 14.4. The lowest BCUT2D eigenvalue weighted by Crippen LogP contribution is -2.50. The highest BCUT2D eigenvalue weighted by atomic mass is 32.2. The molecule has 6 heteroatoms. The molecule has 0 aliphatic carbocycles. The number of carbonyl (C=O) groups excluding carboxylic acids is 1. The first-order chi connectivity index (χ1) is 9.92. The number of rotatable bonds is 8. The van der Waals surface area contributed by atoms with Crippen LogP contribution in [0.3, 0.4) is 0 Å². The summed E-state index contributed by atoms with van der Waals surface area (Å²) >= 11 is 0. The van der Waals surface area contributed by atoms with Crippen LogP contribution in [0.15, 0.2) is 0 Å². The molecule has 0 saturated carbocycles. The molecule has 0 aromatic heterocycles. The first-order valence-corrected chi connectivity index (χ1v) is 9.80. The minimum atomic E-state index is -3.23. The third-order valence-corrected chi connectivity index (χ3v) is 6.17. The summed E-state index contributed by atoms with van der Waals surface area (Å²) in [5.41, 5.74) is 0. The predicted octanol–water partition coefficient (Wildman–Crippen LogP) is 2.13. The molecule has 2 unspecified atom stereocenters. The van der Waals surface area contributed by atoms with E-state index in [9.17, 15) is 13.2 Å². The Labute approximate surface area is 129 Å². The van der Waals surface area contributed by atoms with Crippen molar-refractivity contribution in [1.82, 2.24) is 9.62 Å². The van der Waals surface area contributed by atoms with E-state index in [4.69, 9.17) is 0 Å². The summed E-state index contributed by atoms with van der Waals surface area (Å²) in [6.07, 6.45) is 5.09. The zero-order valence-electron chi connectivity index (χ0n) is 13.6. The van der Waals surface area contributed by atoms with Crippen LogP contribution in [-0.2, 0) is 14.8 Å². The fraction of sp³-hybridized carbons (Fsp3) is 0.933. The molecule has 1 heterocycles. The van der Waals surface area contributed by atoms with Crippen molar-refractivity contribution in [2.45, 2.75) is 65.3 Å². The molecule has 1 aliphatic heterocycles. The van der Waals surface area contributed by atoms with Gasteiger partial charge in [-0.15, -0.1) is 0 Å². The Morgan fingerprint density at radius 2 is 1.86 bits per heavy atom. The standard InChI is InChI=1S/C15H30N2O3S/c1-4-6-10-16-15(18)14-9-8-13(3)17(12-14)21(19,20)11-7-5-2/h13-14H,4-12H2,1-3H3,(H,16,18). The molecule has 0 aromatic rings. The van der Waals surface area contributed by atoms with Crippen LogP contribution >= 0.6 is 0 Å². The Bertz CT molecular complexity index is 423. The van der Waals surface area contributed by atoms with Crippen molar-refractivity contribution in [3.05, 3.63) is 0 Å². The predicted molar refractivity (Wildman–Crippen MR) is 85.5 cm³/mol. The van der Waals surface area contributed by atoms with E-state index >= 15 is 0 Å². The number of nitrogens with one attached hydrogen (secondary N) is 1. The fourth-order valence-corrected chi connectivity index (χ4v) is 4.60. The van der Waals surface area contributed by atoms with Gasteiger partial charge in [0.1, 0.15) is 0 Å².